The van der Waals surface area contributed by atoms with Crippen LogP contribution in [0.2, 0.25) is 0 Å². The van der Waals surface area contributed by atoms with E-state index in [-0.39, 0.29) is 70.0 Å². The van der Waals surface area contributed by atoms with Crippen molar-refractivity contribution in [3.8, 4) is 84.1 Å². The minimum absolute atomic E-state index is 0.0431. The van der Waals surface area contributed by atoms with Crippen LogP contribution < -0.4 is 47.8 Å². The molecule has 0 saturated heterocycles. The van der Waals surface area contributed by atoms with Crippen molar-refractivity contribution in [1.29, 1.82) is 0 Å². The van der Waals surface area contributed by atoms with Gasteiger partial charge in [0.05, 0.1) is 99.0 Å². The molecule has 1 aliphatic carbocycles. The summed E-state index contributed by atoms with van der Waals surface area (Å²) in [4.78, 5) is 37.5. The van der Waals surface area contributed by atoms with E-state index in [0.717, 1.165) is 78.2 Å². The maximum Gasteiger partial charge on any atom is 0.338 e. The number of thiophene rings is 1. The largest absolute Gasteiger partial charge is 0.497 e. The molecule has 1 aliphatic rings. The third kappa shape index (κ3) is 19.0. The lowest BCUT2D eigenvalue weighted by Crippen LogP contribution is -2.23. The van der Waals surface area contributed by atoms with Crippen LogP contribution in [-0.2, 0) is 11.3 Å². The zero-order valence-electron chi connectivity index (χ0n) is 70.5. The van der Waals surface area contributed by atoms with Crippen molar-refractivity contribution < 1.29 is 64.4 Å². The monoisotopic (exact) mass is 1810 g/mol. The first-order valence-electron chi connectivity index (χ1n) is 41.1. The topological polar surface area (TPSA) is 399 Å². The maximum absolute atomic E-state index is 13.7. The van der Waals surface area contributed by atoms with Crippen molar-refractivity contribution in [2.24, 2.45) is 5.92 Å². The summed E-state index contributed by atoms with van der Waals surface area (Å²) in [6.45, 7) is 0.253. The van der Waals surface area contributed by atoms with Crippen LogP contribution in [0, 0.1) is 46.6 Å². The molecule has 0 radical (unpaired) electrons. The highest BCUT2D eigenvalue weighted by molar-refractivity contribution is 7.22. The number of nitrogens with two attached hydrogens (primary N) is 4. The Balaban J connectivity index is 0.000000112. The van der Waals surface area contributed by atoms with Crippen molar-refractivity contribution in [1.82, 2.24) is 66.5 Å². The van der Waals surface area contributed by atoms with Crippen LogP contribution in [0.15, 0.2) is 267 Å². The maximum atomic E-state index is 13.7. The highest BCUT2D eigenvalue weighted by atomic mass is 32.1. The summed E-state index contributed by atoms with van der Waals surface area (Å²) in [6, 6.07) is 75.1. The normalized spacial score (nSPS) is 11.6. The van der Waals surface area contributed by atoms with Crippen LogP contribution in [0.3, 0.4) is 0 Å². The number of anilines is 5. The number of hydrogen-bond donors (Lipinski definition) is 13. The number of fused-ring (bicyclic) bond motifs is 8. The van der Waals surface area contributed by atoms with Gasteiger partial charge in [-0.3, -0.25) is 40.2 Å². The molecule has 7 heterocycles. The van der Waals surface area contributed by atoms with Gasteiger partial charge >= 0.3 is 5.97 Å². The summed E-state index contributed by atoms with van der Waals surface area (Å²) in [5.41, 5.74) is 36.1. The second kappa shape index (κ2) is 37.9. The van der Waals surface area contributed by atoms with E-state index in [1.54, 1.807) is 136 Å². The quantitative estimate of drug-likeness (QED) is 0.0335. The summed E-state index contributed by atoms with van der Waals surface area (Å²) in [7, 11) is 4.68. The van der Waals surface area contributed by atoms with Gasteiger partial charge in [0, 0.05) is 119 Å². The third-order valence-corrected chi connectivity index (χ3v) is 23.0. The van der Waals surface area contributed by atoms with E-state index in [4.69, 9.17) is 37.1 Å². The van der Waals surface area contributed by atoms with Crippen LogP contribution in [0.4, 0.5) is 59.2 Å². The molecule has 664 valence electrons. The van der Waals surface area contributed by atoms with Crippen LogP contribution in [0.5, 0.6) is 17.2 Å². The fourth-order valence-corrected chi connectivity index (χ4v) is 16.2. The van der Waals surface area contributed by atoms with E-state index < -0.39 is 29.2 Å². The van der Waals surface area contributed by atoms with Crippen molar-refractivity contribution >= 4 is 144 Å². The molecule has 0 unspecified atom stereocenters. The Morgan fingerprint density at radius 2 is 0.827 bits per heavy atom. The van der Waals surface area contributed by atoms with Crippen molar-refractivity contribution in [3.05, 3.63) is 324 Å². The number of benzene rings is 14. The van der Waals surface area contributed by atoms with Crippen LogP contribution in [-0.4, -0.2) is 105 Å². The average molecular weight is 1810 g/mol. The number of aromatic carboxylic acids is 1. The Bertz CT molecular complexity index is 7990. The van der Waals surface area contributed by atoms with Gasteiger partial charge in [-0.2, -0.15) is 30.6 Å². The first-order valence-corrected chi connectivity index (χ1v) is 41.9. The van der Waals surface area contributed by atoms with Crippen LogP contribution in [0.25, 0.3) is 153 Å². The number of methoxy groups -OCH3 is 3. The lowest BCUT2D eigenvalue weighted by atomic mass is 10.0. The molecule has 133 heavy (non-hydrogen) atoms. The number of aromatic nitrogens is 12. The number of aromatic amines is 6. The molecule has 0 spiro atoms. The number of rotatable bonds is 15. The number of carbonyl (C=O) groups is 3. The van der Waals surface area contributed by atoms with Gasteiger partial charge in [0.25, 0.3) is 5.91 Å². The highest BCUT2D eigenvalue weighted by Crippen LogP contribution is 2.42. The lowest BCUT2D eigenvalue weighted by Gasteiger charge is -2.11. The second-order valence-corrected chi connectivity index (χ2v) is 31.8. The third-order valence-electron chi connectivity index (χ3n) is 21.9. The molecule has 1 saturated carbocycles. The molecule has 1 fully saturated rings. The molecule has 22 rings (SSSR count). The second-order valence-electron chi connectivity index (χ2n) is 30.7. The number of carboxylic acid groups (broad SMARTS) is 1. The van der Waals surface area contributed by atoms with Gasteiger partial charge < -0.3 is 52.9 Å². The number of H-pyrrole nitrogens is 6. The highest BCUT2D eigenvalue weighted by Gasteiger charge is 2.32. The number of nitrogens with zero attached hydrogens (tertiary/aromatic N) is 6. The van der Waals surface area contributed by atoms with Gasteiger partial charge in [0.15, 0.2) is 0 Å². The Morgan fingerprint density at radius 3 is 1.32 bits per heavy atom. The standard InChI is InChI=1S/C23H20FN3O3.C18H14FN3O3.C17H12FN3.C15H10FN3S.C14H12FN3O.C13H9F2N3/c1-29-18-8-4-6-15(10-18)23(28)25-13-16-11-19-20(12-21(16)30-2)26-27-22(19)14-5-3-7-17(24)9-14;19-11-3-1-2-10(8-11)16-14-13(21-22-16)7-6-12(15(14)18(24)25)20-17(23)9-4-5-9;18-14-9-16-13(8-15(14)19)17(21-20-16)12-6-5-10-3-1-2-4-11(10)7-12;16-10-7-12-9(6-11(10)17)15(19-18-12)14-5-8-3-1-2-4-13(8)20-14;1-19-13-7-12-10(6-11(13)16)14(18-17-12)8-3-2-4-9(15)5-8;14-8-3-1-2-7(4-8)13-9-5-11(16)10(15)6-12(9)17-18-13/h3-12H,13H2,1-2H3,(H,25,28)(H,26,27);1-3,6-9H,4-5H2,(H,20,23)(H,21,22)(H,24,25);1-9H,19H2,(H,20,21);1-7H,17H2,(H,18,19);2-7H,16H2,1H3,(H,17,18);1-6H,16H2,(H,17,18). The molecule has 14 aromatic carbocycles. The number of carbonyl (C=O) groups excluding carboxylic acids is 2. The number of halogens is 7. The van der Waals surface area contributed by atoms with Crippen molar-refractivity contribution in [2.75, 3.05) is 49.6 Å². The molecule has 21 aromatic rings. The van der Waals surface area contributed by atoms with Crippen LogP contribution >= 0.6 is 11.3 Å². The van der Waals surface area contributed by atoms with Crippen molar-refractivity contribution in [3.63, 3.8) is 0 Å². The summed E-state index contributed by atoms with van der Waals surface area (Å²) < 4.78 is 111. The van der Waals surface area contributed by atoms with E-state index in [0.29, 0.717) is 106 Å². The minimum Gasteiger partial charge on any atom is -0.497 e. The minimum atomic E-state index is -1.18. The summed E-state index contributed by atoms with van der Waals surface area (Å²) in [5, 5.41) is 65.6. The predicted molar refractivity (Wildman–Crippen MR) is 505 cm³/mol. The lowest BCUT2D eigenvalue weighted by molar-refractivity contribution is -0.117. The number of nitrogen functional groups attached to an aromatic ring is 4. The number of hydrogen-bond acceptors (Lipinski definition) is 17. The average Bonchev–Trinajstić information content (AvgIpc) is 1.70. The van der Waals surface area contributed by atoms with Crippen molar-refractivity contribution in [2.45, 2.75) is 19.4 Å². The van der Waals surface area contributed by atoms with Gasteiger partial charge in [-0.05, 0) is 156 Å². The first kappa shape index (κ1) is 87.7. The molecule has 0 aliphatic heterocycles. The predicted octanol–water partition coefficient (Wildman–Crippen LogP) is 22.1. The van der Waals surface area contributed by atoms with E-state index in [1.807, 2.05) is 42.5 Å². The molecule has 7 aromatic heterocycles. The smallest absolute Gasteiger partial charge is 0.338 e. The Kier molecular flexibility index (Phi) is 25.0. The molecule has 33 heteroatoms. The van der Waals surface area contributed by atoms with E-state index in [2.05, 4.69) is 114 Å². The fourth-order valence-electron chi connectivity index (χ4n) is 15.1. The molecule has 17 N–H and O–H groups in total. The van der Waals surface area contributed by atoms with Gasteiger partial charge in [-0.25, -0.2) is 35.5 Å². The van der Waals surface area contributed by atoms with E-state index >= 15 is 0 Å². The zero-order valence-corrected chi connectivity index (χ0v) is 71.4. The summed E-state index contributed by atoms with van der Waals surface area (Å²) in [5.74, 6) is -2.62. The molecule has 0 bridgehead atoms. The summed E-state index contributed by atoms with van der Waals surface area (Å²) in [6.07, 6.45) is 1.63. The molecule has 0 atom stereocenters. The van der Waals surface area contributed by atoms with E-state index in [1.165, 1.54) is 94.3 Å². The van der Waals surface area contributed by atoms with Gasteiger partial charge in [0.1, 0.15) is 86.4 Å². The number of nitrogens with one attached hydrogen (secondary N) is 8. The van der Waals surface area contributed by atoms with Gasteiger partial charge in [0.2, 0.25) is 5.91 Å². The number of carboxylic acids is 1. The summed E-state index contributed by atoms with van der Waals surface area (Å²) >= 11 is 1.66. The molecule has 25 nitrogen and oxygen atoms in total. The van der Waals surface area contributed by atoms with E-state index in [9.17, 15) is 50.2 Å². The Morgan fingerprint density at radius 1 is 0.398 bits per heavy atom. The van der Waals surface area contributed by atoms with Gasteiger partial charge in [-0.15, -0.1) is 11.3 Å². The fraction of sp³-hybridized carbons (Fsp3) is 0.0700. The Hall–Kier alpha value is -17.4. The molecular formula is C100H77F7N18O7S. The number of ether oxygens (including phenoxy) is 3. The first-order chi connectivity index (χ1) is 64.4. The Labute approximate surface area is 754 Å². The SMILES string of the molecule is COc1cc2[nH]nc(-c3cccc(F)c3)c2cc1N.COc1cccc(C(=O)NCc2cc3c(-c4cccc(F)c4)n[nH]c3cc2OC)c1.Nc1cc2c(-c3cc4ccccc4s3)n[nH]c2cc1F.Nc1cc2c(-c3ccc4ccccc4c3)n[nH]c2cc1F.Nc1cc2c(-c3cccc(F)c3)n[nH]c2cc1F.O=C(O)c1c(NC(=O)C2CC2)ccc2[nH]nc(-c3cccc(F)c3)c12. The number of amides is 2. The molecular weight excluding hydrogens is 1730 g/mol. The van der Waals surface area contributed by atoms with Crippen LogP contribution in [0.1, 0.15) is 39.1 Å². The molecule has 2 amide bonds. The van der Waals surface area contributed by atoms with Gasteiger partial charge in [-0.1, -0.05) is 109 Å². The zero-order chi connectivity index (χ0) is 92.8.